The van der Waals surface area contributed by atoms with Crippen molar-refractivity contribution < 1.29 is 0 Å². The van der Waals surface area contributed by atoms with Gasteiger partial charge in [0.05, 0.1) is 5.69 Å². The number of nitrogens with zero attached hydrogens (tertiary/aromatic N) is 3. The number of nitrogen functional groups attached to an aromatic ring is 1. The van der Waals surface area contributed by atoms with E-state index in [-0.39, 0.29) is 0 Å². The Morgan fingerprint density at radius 2 is 1.70 bits per heavy atom. The molecular weight excluding hydrogens is 248 g/mol. The van der Waals surface area contributed by atoms with Crippen molar-refractivity contribution in [3.8, 4) is 22.6 Å². The highest BCUT2D eigenvalue weighted by atomic mass is 14.9. The van der Waals surface area contributed by atoms with E-state index in [2.05, 4.69) is 15.0 Å². The van der Waals surface area contributed by atoms with Gasteiger partial charge >= 0.3 is 0 Å². The molecule has 1 aromatic carbocycles. The van der Waals surface area contributed by atoms with Crippen LogP contribution in [0.15, 0.2) is 54.9 Å². The molecule has 2 heterocycles. The molecule has 4 heteroatoms. The standard InChI is InChI=1S/C16H14N4/c1-11-9-15(12-5-7-18-8-6-12)20-16(19-11)13-3-2-4-14(17)10-13/h2-10H,17H2,1H3. The third-order valence-corrected chi connectivity index (χ3v) is 2.98. The summed E-state index contributed by atoms with van der Waals surface area (Å²) in [6, 6.07) is 13.4. The first-order valence-electron chi connectivity index (χ1n) is 6.34. The average Bonchev–Trinajstić information content (AvgIpc) is 2.47. The van der Waals surface area contributed by atoms with Gasteiger partial charge in [-0.3, -0.25) is 4.98 Å². The predicted octanol–water partition coefficient (Wildman–Crippen LogP) is 3.10. The van der Waals surface area contributed by atoms with Crippen LogP contribution >= 0.6 is 0 Å². The Hall–Kier alpha value is -2.75. The third kappa shape index (κ3) is 2.49. The van der Waals surface area contributed by atoms with Crippen LogP contribution < -0.4 is 5.73 Å². The highest BCUT2D eigenvalue weighted by molar-refractivity contribution is 5.65. The maximum atomic E-state index is 5.82. The fourth-order valence-electron chi connectivity index (χ4n) is 2.05. The first-order chi connectivity index (χ1) is 9.72. The molecule has 0 spiro atoms. The van der Waals surface area contributed by atoms with Crippen molar-refractivity contribution in [2.75, 3.05) is 5.73 Å². The molecule has 3 rings (SSSR count). The van der Waals surface area contributed by atoms with E-state index in [1.54, 1.807) is 12.4 Å². The topological polar surface area (TPSA) is 64.7 Å². The summed E-state index contributed by atoms with van der Waals surface area (Å²) in [6.45, 7) is 1.96. The molecule has 4 nitrogen and oxygen atoms in total. The van der Waals surface area contributed by atoms with Crippen molar-refractivity contribution in [3.05, 3.63) is 60.6 Å². The Morgan fingerprint density at radius 3 is 2.45 bits per heavy atom. The largest absolute Gasteiger partial charge is 0.399 e. The van der Waals surface area contributed by atoms with Crippen molar-refractivity contribution in [1.29, 1.82) is 0 Å². The lowest BCUT2D eigenvalue weighted by Gasteiger charge is -2.06. The van der Waals surface area contributed by atoms with Crippen LogP contribution in [0.3, 0.4) is 0 Å². The van der Waals surface area contributed by atoms with E-state index in [4.69, 9.17) is 5.73 Å². The van der Waals surface area contributed by atoms with Gasteiger partial charge in [0.25, 0.3) is 0 Å². The van der Waals surface area contributed by atoms with Gasteiger partial charge in [0, 0.05) is 34.9 Å². The summed E-state index contributed by atoms with van der Waals surface area (Å²) in [7, 11) is 0. The first-order valence-corrected chi connectivity index (χ1v) is 6.34. The lowest BCUT2D eigenvalue weighted by molar-refractivity contribution is 1.11. The van der Waals surface area contributed by atoms with E-state index in [1.807, 2.05) is 49.4 Å². The Labute approximate surface area is 117 Å². The lowest BCUT2D eigenvalue weighted by atomic mass is 10.1. The van der Waals surface area contributed by atoms with Crippen LogP contribution in [0.1, 0.15) is 5.69 Å². The molecule has 0 aliphatic rings. The number of hydrogen-bond donors (Lipinski definition) is 1. The van der Waals surface area contributed by atoms with Crippen LogP contribution in [0.4, 0.5) is 5.69 Å². The molecule has 20 heavy (non-hydrogen) atoms. The summed E-state index contributed by atoms with van der Waals surface area (Å²) in [5, 5.41) is 0. The van der Waals surface area contributed by atoms with Crippen molar-refractivity contribution >= 4 is 5.69 Å². The molecule has 0 bridgehead atoms. The van der Waals surface area contributed by atoms with E-state index in [1.165, 1.54) is 0 Å². The summed E-state index contributed by atoms with van der Waals surface area (Å²) >= 11 is 0. The monoisotopic (exact) mass is 262 g/mol. The third-order valence-electron chi connectivity index (χ3n) is 2.98. The van der Waals surface area contributed by atoms with Gasteiger partial charge in [-0.15, -0.1) is 0 Å². The molecule has 0 aliphatic carbocycles. The molecule has 0 atom stereocenters. The average molecular weight is 262 g/mol. The summed E-state index contributed by atoms with van der Waals surface area (Å²) in [5.74, 6) is 0.684. The van der Waals surface area contributed by atoms with E-state index in [0.717, 1.165) is 22.5 Å². The molecule has 3 aromatic rings. The summed E-state index contributed by atoms with van der Waals surface area (Å²) < 4.78 is 0. The number of anilines is 1. The van der Waals surface area contributed by atoms with Crippen LogP contribution in [0.2, 0.25) is 0 Å². The zero-order chi connectivity index (χ0) is 13.9. The van der Waals surface area contributed by atoms with E-state index in [9.17, 15) is 0 Å². The van der Waals surface area contributed by atoms with Crippen LogP contribution in [-0.2, 0) is 0 Å². The molecule has 0 aliphatic heterocycles. The fourth-order valence-corrected chi connectivity index (χ4v) is 2.05. The van der Waals surface area contributed by atoms with Gasteiger partial charge in [-0.05, 0) is 37.3 Å². The molecule has 0 saturated heterocycles. The summed E-state index contributed by atoms with van der Waals surface area (Å²) in [5.41, 5.74) is 10.3. The molecule has 2 N–H and O–H groups in total. The second-order valence-electron chi connectivity index (χ2n) is 4.58. The Kier molecular flexibility index (Phi) is 3.13. The number of aryl methyl sites for hydroxylation is 1. The minimum Gasteiger partial charge on any atom is -0.399 e. The normalized spacial score (nSPS) is 10.4. The van der Waals surface area contributed by atoms with Gasteiger partial charge < -0.3 is 5.73 Å². The van der Waals surface area contributed by atoms with Crippen molar-refractivity contribution in [1.82, 2.24) is 15.0 Å². The zero-order valence-corrected chi connectivity index (χ0v) is 11.1. The maximum absolute atomic E-state index is 5.82. The summed E-state index contributed by atoms with van der Waals surface area (Å²) in [6.07, 6.45) is 3.51. The molecule has 0 radical (unpaired) electrons. The van der Waals surface area contributed by atoms with Crippen LogP contribution in [0.25, 0.3) is 22.6 Å². The molecule has 0 unspecified atom stereocenters. The lowest BCUT2D eigenvalue weighted by Crippen LogP contribution is -1.96. The van der Waals surface area contributed by atoms with Gasteiger partial charge in [-0.1, -0.05) is 12.1 Å². The zero-order valence-electron chi connectivity index (χ0n) is 11.1. The number of rotatable bonds is 2. The molecule has 0 fully saturated rings. The van der Waals surface area contributed by atoms with Gasteiger partial charge in [0.2, 0.25) is 0 Å². The summed E-state index contributed by atoms with van der Waals surface area (Å²) in [4.78, 5) is 13.1. The van der Waals surface area contributed by atoms with E-state index >= 15 is 0 Å². The molecule has 2 aromatic heterocycles. The number of pyridine rings is 1. The Bertz CT molecular complexity index is 738. The smallest absolute Gasteiger partial charge is 0.160 e. The second kappa shape index (κ2) is 5.09. The fraction of sp³-hybridized carbons (Fsp3) is 0.0625. The Balaban J connectivity index is 2.12. The van der Waals surface area contributed by atoms with Crippen LogP contribution in [0.5, 0.6) is 0 Å². The highest BCUT2D eigenvalue weighted by Crippen LogP contribution is 2.22. The Morgan fingerprint density at radius 1 is 0.900 bits per heavy atom. The van der Waals surface area contributed by atoms with Crippen LogP contribution in [-0.4, -0.2) is 15.0 Å². The number of hydrogen-bond acceptors (Lipinski definition) is 4. The van der Waals surface area contributed by atoms with E-state index < -0.39 is 0 Å². The number of benzene rings is 1. The SMILES string of the molecule is Cc1cc(-c2ccncc2)nc(-c2cccc(N)c2)n1. The quantitative estimate of drug-likeness (QED) is 0.721. The van der Waals surface area contributed by atoms with Crippen molar-refractivity contribution in [2.45, 2.75) is 6.92 Å². The predicted molar refractivity (Wildman–Crippen MR) is 79.8 cm³/mol. The maximum Gasteiger partial charge on any atom is 0.160 e. The number of aromatic nitrogens is 3. The van der Waals surface area contributed by atoms with Gasteiger partial charge in [-0.2, -0.15) is 0 Å². The van der Waals surface area contributed by atoms with E-state index in [0.29, 0.717) is 11.5 Å². The highest BCUT2D eigenvalue weighted by Gasteiger charge is 2.07. The minimum atomic E-state index is 0.684. The first kappa shape index (κ1) is 12.3. The number of nitrogens with two attached hydrogens (primary N) is 1. The second-order valence-corrected chi connectivity index (χ2v) is 4.58. The molecule has 0 amide bonds. The minimum absolute atomic E-state index is 0.684. The molecule has 98 valence electrons. The van der Waals surface area contributed by atoms with Gasteiger partial charge in [0.1, 0.15) is 0 Å². The van der Waals surface area contributed by atoms with Gasteiger partial charge in [-0.25, -0.2) is 9.97 Å². The van der Waals surface area contributed by atoms with Crippen molar-refractivity contribution in [2.24, 2.45) is 0 Å². The van der Waals surface area contributed by atoms with Crippen LogP contribution in [0, 0.1) is 6.92 Å². The van der Waals surface area contributed by atoms with Crippen molar-refractivity contribution in [3.63, 3.8) is 0 Å². The molecule has 0 saturated carbocycles. The molecular formula is C16H14N4. The van der Waals surface area contributed by atoms with Gasteiger partial charge in [0.15, 0.2) is 5.82 Å².